The summed E-state index contributed by atoms with van der Waals surface area (Å²) in [7, 11) is 0. The highest BCUT2D eigenvalue weighted by Gasteiger charge is 2.53. The van der Waals surface area contributed by atoms with Crippen LogP contribution < -0.4 is 5.32 Å². The molecule has 3 saturated carbocycles. The Kier molecular flexibility index (Phi) is 3.70. The van der Waals surface area contributed by atoms with Gasteiger partial charge in [0.25, 0.3) is 0 Å². The van der Waals surface area contributed by atoms with Crippen LogP contribution >= 0.6 is 0 Å². The molecular formula is C17H28N2O2. The van der Waals surface area contributed by atoms with Gasteiger partial charge in [0.2, 0.25) is 5.91 Å². The highest BCUT2D eigenvalue weighted by Crippen LogP contribution is 2.58. The molecule has 0 aromatic carbocycles. The van der Waals surface area contributed by atoms with Crippen LogP contribution in [0, 0.1) is 23.7 Å². The molecule has 0 spiro atoms. The maximum Gasteiger partial charge on any atom is 0.239 e. The molecule has 4 nitrogen and oxygen atoms in total. The topological polar surface area (TPSA) is 41.6 Å². The number of hydrogen-bond donors (Lipinski definition) is 1. The molecule has 1 amide bonds. The maximum atomic E-state index is 12.5. The summed E-state index contributed by atoms with van der Waals surface area (Å²) < 4.78 is 5.34. The number of ether oxygens (including phenoxy) is 1. The molecule has 21 heavy (non-hydrogen) atoms. The van der Waals surface area contributed by atoms with Gasteiger partial charge in [-0.15, -0.1) is 0 Å². The summed E-state index contributed by atoms with van der Waals surface area (Å²) >= 11 is 0. The average Bonchev–Trinajstić information content (AvgIpc) is 3.19. The van der Waals surface area contributed by atoms with Crippen molar-refractivity contribution in [2.75, 3.05) is 26.3 Å². The first-order chi connectivity index (χ1) is 10.2. The van der Waals surface area contributed by atoms with E-state index in [-0.39, 0.29) is 11.9 Å². The molecule has 0 aromatic rings. The quantitative estimate of drug-likeness (QED) is 0.860. The van der Waals surface area contributed by atoms with Gasteiger partial charge in [-0.25, -0.2) is 0 Å². The molecule has 4 aliphatic rings. The first kappa shape index (κ1) is 14.0. The summed E-state index contributed by atoms with van der Waals surface area (Å²) in [5, 5.41) is 3.69. The van der Waals surface area contributed by atoms with Gasteiger partial charge in [-0.05, 0) is 56.3 Å². The first-order valence-corrected chi connectivity index (χ1v) is 8.86. The Labute approximate surface area is 127 Å². The molecule has 0 radical (unpaired) electrons. The molecule has 4 fully saturated rings. The number of amides is 1. The van der Waals surface area contributed by atoms with Gasteiger partial charge in [0.05, 0.1) is 19.3 Å². The Morgan fingerprint density at radius 3 is 2.71 bits per heavy atom. The van der Waals surface area contributed by atoms with Crippen molar-refractivity contribution in [2.24, 2.45) is 23.7 Å². The minimum Gasteiger partial charge on any atom is -0.378 e. The fourth-order valence-corrected chi connectivity index (χ4v) is 5.71. The van der Waals surface area contributed by atoms with Crippen LogP contribution in [-0.4, -0.2) is 49.2 Å². The lowest BCUT2D eigenvalue weighted by atomic mass is 9.79. The number of nitrogens with one attached hydrogen (secondary N) is 1. The second kappa shape index (κ2) is 5.54. The van der Waals surface area contributed by atoms with E-state index in [0.717, 1.165) is 36.8 Å². The molecule has 0 aromatic heterocycles. The van der Waals surface area contributed by atoms with Crippen LogP contribution in [0.5, 0.6) is 0 Å². The van der Waals surface area contributed by atoms with Crippen molar-refractivity contribution < 1.29 is 9.53 Å². The standard InChI is InChI=1S/C17H28N2O2/c1-11(17(20)19-5-7-21-8-6-19)18-16-10-12-9-15(16)14-4-2-3-13(12)14/h11-16,18H,2-10H2,1H3/t11-,12-,13+,14-,15+,16+/m0/s1. The number of carbonyl (C=O) groups excluding carboxylic acids is 1. The molecule has 2 bridgehead atoms. The second-order valence-electron chi connectivity index (χ2n) is 7.59. The third-order valence-electron chi connectivity index (χ3n) is 6.59. The SMILES string of the molecule is C[C@H](N[C@@H]1C[C@@H]2C[C@@H]1[C@H]1CCC[C@H]21)C(=O)N1CCOCC1. The van der Waals surface area contributed by atoms with Crippen LogP contribution in [0.25, 0.3) is 0 Å². The molecule has 0 unspecified atom stereocenters. The molecule has 4 heteroatoms. The summed E-state index contributed by atoms with van der Waals surface area (Å²) in [6.07, 6.45) is 7.09. The van der Waals surface area contributed by atoms with Crippen LogP contribution in [0.2, 0.25) is 0 Å². The van der Waals surface area contributed by atoms with Crippen molar-refractivity contribution >= 4 is 5.91 Å². The van der Waals surface area contributed by atoms with Gasteiger partial charge in [-0.3, -0.25) is 4.79 Å². The molecule has 6 atom stereocenters. The summed E-state index contributed by atoms with van der Waals surface area (Å²) in [4.78, 5) is 14.5. The predicted octanol–water partition coefficient (Wildman–Crippen LogP) is 1.65. The van der Waals surface area contributed by atoms with Crippen LogP contribution in [-0.2, 0) is 9.53 Å². The van der Waals surface area contributed by atoms with Crippen LogP contribution in [0.4, 0.5) is 0 Å². The van der Waals surface area contributed by atoms with Gasteiger partial charge in [0.15, 0.2) is 0 Å². The van der Waals surface area contributed by atoms with Crippen molar-refractivity contribution in [2.45, 2.75) is 51.1 Å². The fraction of sp³-hybridized carbons (Fsp3) is 0.941. The molecule has 4 rings (SSSR count). The Hall–Kier alpha value is -0.610. The zero-order valence-corrected chi connectivity index (χ0v) is 13.1. The maximum absolute atomic E-state index is 12.5. The van der Waals surface area contributed by atoms with Crippen molar-refractivity contribution in [3.63, 3.8) is 0 Å². The molecular weight excluding hydrogens is 264 g/mol. The smallest absolute Gasteiger partial charge is 0.239 e. The Bertz CT molecular complexity index is 408. The minimum absolute atomic E-state index is 0.0349. The molecule has 3 aliphatic carbocycles. The molecule has 1 heterocycles. The van der Waals surface area contributed by atoms with Crippen molar-refractivity contribution in [1.29, 1.82) is 0 Å². The summed E-state index contributed by atoms with van der Waals surface area (Å²) in [6.45, 7) is 4.95. The van der Waals surface area contributed by atoms with E-state index in [0.29, 0.717) is 19.3 Å². The minimum atomic E-state index is -0.0349. The number of fused-ring (bicyclic) bond motifs is 5. The van der Waals surface area contributed by atoms with Gasteiger partial charge in [-0.2, -0.15) is 0 Å². The lowest BCUT2D eigenvalue weighted by Gasteiger charge is -2.35. The van der Waals surface area contributed by atoms with Gasteiger partial charge in [0, 0.05) is 19.1 Å². The molecule has 1 saturated heterocycles. The van der Waals surface area contributed by atoms with E-state index < -0.39 is 0 Å². The summed E-state index contributed by atoms with van der Waals surface area (Å²) in [5.41, 5.74) is 0. The second-order valence-corrected chi connectivity index (χ2v) is 7.59. The molecule has 1 N–H and O–H groups in total. The van der Waals surface area contributed by atoms with E-state index in [4.69, 9.17) is 4.74 Å². The van der Waals surface area contributed by atoms with Gasteiger partial charge in [0.1, 0.15) is 0 Å². The largest absolute Gasteiger partial charge is 0.378 e. The fourth-order valence-electron chi connectivity index (χ4n) is 5.71. The number of hydrogen-bond acceptors (Lipinski definition) is 3. The molecule has 118 valence electrons. The number of rotatable bonds is 3. The third-order valence-corrected chi connectivity index (χ3v) is 6.59. The zero-order valence-electron chi connectivity index (χ0n) is 13.1. The van der Waals surface area contributed by atoms with Crippen LogP contribution in [0.3, 0.4) is 0 Å². The highest BCUT2D eigenvalue weighted by molar-refractivity contribution is 5.81. The number of morpholine rings is 1. The summed E-state index contributed by atoms with van der Waals surface area (Å²) in [5.74, 6) is 4.06. The lowest BCUT2D eigenvalue weighted by molar-refractivity contribution is -0.137. The number of nitrogens with zero attached hydrogens (tertiary/aromatic N) is 1. The highest BCUT2D eigenvalue weighted by atomic mass is 16.5. The Morgan fingerprint density at radius 1 is 1.14 bits per heavy atom. The third kappa shape index (κ3) is 2.40. The zero-order chi connectivity index (χ0) is 14.4. The Balaban J connectivity index is 1.35. The molecule has 1 aliphatic heterocycles. The first-order valence-electron chi connectivity index (χ1n) is 8.86. The van der Waals surface area contributed by atoms with E-state index >= 15 is 0 Å². The normalized spacial score (nSPS) is 43.1. The van der Waals surface area contributed by atoms with E-state index in [1.165, 1.54) is 32.1 Å². The van der Waals surface area contributed by atoms with Gasteiger partial charge < -0.3 is 15.0 Å². The van der Waals surface area contributed by atoms with Crippen molar-refractivity contribution in [1.82, 2.24) is 10.2 Å². The lowest BCUT2D eigenvalue weighted by Crippen LogP contribution is -2.53. The number of carbonyl (C=O) groups is 1. The van der Waals surface area contributed by atoms with Crippen LogP contribution in [0.1, 0.15) is 39.0 Å². The van der Waals surface area contributed by atoms with E-state index in [1.54, 1.807) is 0 Å². The van der Waals surface area contributed by atoms with Gasteiger partial charge >= 0.3 is 0 Å². The van der Waals surface area contributed by atoms with Crippen molar-refractivity contribution in [3.05, 3.63) is 0 Å². The predicted molar refractivity (Wildman–Crippen MR) is 80.8 cm³/mol. The van der Waals surface area contributed by atoms with E-state index in [2.05, 4.69) is 12.2 Å². The average molecular weight is 292 g/mol. The van der Waals surface area contributed by atoms with E-state index in [9.17, 15) is 4.79 Å². The van der Waals surface area contributed by atoms with Gasteiger partial charge in [-0.1, -0.05) is 6.42 Å². The van der Waals surface area contributed by atoms with Crippen LogP contribution in [0.15, 0.2) is 0 Å². The monoisotopic (exact) mass is 292 g/mol. The van der Waals surface area contributed by atoms with E-state index in [1.807, 2.05) is 4.90 Å². The Morgan fingerprint density at radius 2 is 1.90 bits per heavy atom. The van der Waals surface area contributed by atoms with Crippen molar-refractivity contribution in [3.8, 4) is 0 Å². The summed E-state index contributed by atoms with van der Waals surface area (Å²) in [6, 6.07) is 0.557.